The first-order valence-corrected chi connectivity index (χ1v) is 7.57. The van der Waals surface area contributed by atoms with Gasteiger partial charge in [-0.15, -0.1) is 0 Å². The number of hydrogen-bond donors (Lipinski definition) is 1. The van der Waals surface area contributed by atoms with Crippen LogP contribution in [-0.4, -0.2) is 27.3 Å². The first kappa shape index (κ1) is 15.2. The van der Waals surface area contributed by atoms with Gasteiger partial charge in [0.05, 0.1) is 14.2 Å². The molecular formula is C17H27NO2. The van der Waals surface area contributed by atoms with Crippen LogP contribution in [-0.2, 0) is 0 Å². The van der Waals surface area contributed by atoms with Crippen molar-refractivity contribution in [1.29, 1.82) is 0 Å². The van der Waals surface area contributed by atoms with E-state index in [-0.39, 0.29) is 0 Å². The molecule has 1 aliphatic rings. The molecule has 1 fully saturated rings. The van der Waals surface area contributed by atoms with Gasteiger partial charge in [-0.1, -0.05) is 13.8 Å². The van der Waals surface area contributed by atoms with Crippen LogP contribution >= 0.6 is 0 Å². The standard InChI is InChI=1S/C17H27NO2/c1-12(2)7-14-11-18-6-5-17(14)13-8-15(19-3)10-16(9-13)20-4/h8-10,12,14,17-18H,5-7,11H2,1-4H3. The quantitative estimate of drug-likeness (QED) is 0.894. The van der Waals surface area contributed by atoms with Crippen molar-refractivity contribution in [1.82, 2.24) is 5.32 Å². The predicted molar refractivity (Wildman–Crippen MR) is 82.7 cm³/mol. The summed E-state index contributed by atoms with van der Waals surface area (Å²) in [5.74, 6) is 3.81. The van der Waals surface area contributed by atoms with Gasteiger partial charge >= 0.3 is 0 Å². The molecular weight excluding hydrogens is 250 g/mol. The molecule has 20 heavy (non-hydrogen) atoms. The van der Waals surface area contributed by atoms with E-state index in [1.54, 1.807) is 14.2 Å². The summed E-state index contributed by atoms with van der Waals surface area (Å²) in [5.41, 5.74) is 1.35. The summed E-state index contributed by atoms with van der Waals surface area (Å²) in [4.78, 5) is 0. The second kappa shape index (κ2) is 6.98. The van der Waals surface area contributed by atoms with Crippen molar-refractivity contribution < 1.29 is 9.47 Å². The largest absolute Gasteiger partial charge is 0.497 e. The zero-order chi connectivity index (χ0) is 14.5. The Balaban J connectivity index is 2.26. The van der Waals surface area contributed by atoms with Crippen LogP contribution in [0.25, 0.3) is 0 Å². The number of ether oxygens (including phenoxy) is 2. The Hall–Kier alpha value is -1.22. The minimum atomic E-state index is 0.600. The van der Waals surface area contributed by atoms with Gasteiger partial charge in [-0.25, -0.2) is 0 Å². The average molecular weight is 277 g/mol. The van der Waals surface area contributed by atoms with Gasteiger partial charge in [0.2, 0.25) is 0 Å². The number of methoxy groups -OCH3 is 2. The summed E-state index contributed by atoms with van der Waals surface area (Å²) in [6.45, 7) is 6.82. The van der Waals surface area contributed by atoms with Crippen LogP contribution < -0.4 is 14.8 Å². The molecule has 0 amide bonds. The lowest BCUT2D eigenvalue weighted by Gasteiger charge is -2.34. The molecule has 1 N–H and O–H groups in total. The molecule has 0 bridgehead atoms. The Bertz CT molecular complexity index is 409. The van der Waals surface area contributed by atoms with E-state index in [4.69, 9.17) is 9.47 Å². The van der Waals surface area contributed by atoms with E-state index >= 15 is 0 Å². The molecule has 0 radical (unpaired) electrons. The molecule has 112 valence electrons. The van der Waals surface area contributed by atoms with Crippen LogP contribution in [0.4, 0.5) is 0 Å². The fraction of sp³-hybridized carbons (Fsp3) is 0.647. The second-order valence-corrected chi connectivity index (χ2v) is 6.13. The van der Waals surface area contributed by atoms with E-state index < -0.39 is 0 Å². The van der Waals surface area contributed by atoms with E-state index in [1.165, 1.54) is 18.4 Å². The van der Waals surface area contributed by atoms with Crippen molar-refractivity contribution in [2.45, 2.75) is 32.6 Å². The second-order valence-electron chi connectivity index (χ2n) is 6.13. The van der Waals surface area contributed by atoms with Crippen LogP contribution in [0.1, 0.15) is 38.2 Å². The topological polar surface area (TPSA) is 30.5 Å². The minimum Gasteiger partial charge on any atom is -0.497 e. The molecule has 3 heteroatoms. The normalized spacial score (nSPS) is 22.9. The van der Waals surface area contributed by atoms with Crippen molar-refractivity contribution in [3.05, 3.63) is 23.8 Å². The molecule has 2 unspecified atom stereocenters. The molecule has 0 saturated carbocycles. The Morgan fingerprint density at radius 3 is 2.35 bits per heavy atom. The van der Waals surface area contributed by atoms with Gasteiger partial charge in [-0.3, -0.25) is 0 Å². The van der Waals surface area contributed by atoms with E-state index in [0.717, 1.165) is 30.5 Å². The lowest BCUT2D eigenvalue weighted by molar-refractivity contribution is 0.279. The smallest absolute Gasteiger partial charge is 0.122 e. The van der Waals surface area contributed by atoms with Crippen LogP contribution in [0.3, 0.4) is 0 Å². The highest BCUT2D eigenvalue weighted by Crippen LogP contribution is 2.37. The molecule has 2 atom stereocenters. The van der Waals surface area contributed by atoms with Crippen LogP contribution in [0.15, 0.2) is 18.2 Å². The lowest BCUT2D eigenvalue weighted by Crippen LogP contribution is -2.36. The summed E-state index contributed by atoms with van der Waals surface area (Å²) in [6, 6.07) is 6.29. The minimum absolute atomic E-state index is 0.600. The third-order valence-corrected chi connectivity index (χ3v) is 4.18. The van der Waals surface area contributed by atoms with Crippen molar-refractivity contribution in [2.75, 3.05) is 27.3 Å². The van der Waals surface area contributed by atoms with Crippen LogP contribution in [0.2, 0.25) is 0 Å². The van der Waals surface area contributed by atoms with Crippen molar-refractivity contribution in [2.24, 2.45) is 11.8 Å². The van der Waals surface area contributed by atoms with Gasteiger partial charge in [0.1, 0.15) is 11.5 Å². The average Bonchev–Trinajstić information content (AvgIpc) is 2.46. The highest BCUT2D eigenvalue weighted by atomic mass is 16.5. The fourth-order valence-electron chi connectivity index (χ4n) is 3.26. The van der Waals surface area contributed by atoms with E-state index in [1.807, 2.05) is 6.07 Å². The molecule has 0 aliphatic carbocycles. The summed E-state index contributed by atoms with van der Waals surface area (Å²) >= 11 is 0. The summed E-state index contributed by atoms with van der Waals surface area (Å²) in [5, 5.41) is 3.53. The van der Waals surface area contributed by atoms with Gasteiger partial charge < -0.3 is 14.8 Å². The molecule has 0 aromatic heterocycles. The maximum Gasteiger partial charge on any atom is 0.122 e. The Morgan fingerprint density at radius 1 is 1.15 bits per heavy atom. The van der Waals surface area contributed by atoms with Crippen LogP contribution in [0, 0.1) is 11.8 Å². The molecule has 2 rings (SSSR count). The Labute approximate surface area is 122 Å². The van der Waals surface area contributed by atoms with Crippen molar-refractivity contribution in [3.63, 3.8) is 0 Å². The first-order chi connectivity index (χ1) is 9.63. The Morgan fingerprint density at radius 2 is 1.80 bits per heavy atom. The molecule has 1 saturated heterocycles. The van der Waals surface area contributed by atoms with Gasteiger partial charge in [-0.2, -0.15) is 0 Å². The van der Waals surface area contributed by atoms with E-state index in [2.05, 4.69) is 31.3 Å². The fourth-order valence-corrected chi connectivity index (χ4v) is 3.26. The molecule has 3 nitrogen and oxygen atoms in total. The summed E-state index contributed by atoms with van der Waals surface area (Å²) in [7, 11) is 3.43. The van der Waals surface area contributed by atoms with E-state index in [9.17, 15) is 0 Å². The number of nitrogens with one attached hydrogen (secondary N) is 1. The molecule has 1 aliphatic heterocycles. The summed E-state index contributed by atoms with van der Waals surface area (Å²) in [6.07, 6.45) is 2.45. The highest BCUT2D eigenvalue weighted by Gasteiger charge is 2.27. The van der Waals surface area contributed by atoms with Crippen LogP contribution in [0.5, 0.6) is 11.5 Å². The predicted octanol–water partition coefficient (Wildman–Crippen LogP) is 3.44. The monoisotopic (exact) mass is 277 g/mol. The molecule has 1 heterocycles. The number of benzene rings is 1. The van der Waals surface area contributed by atoms with E-state index in [0.29, 0.717) is 11.8 Å². The third kappa shape index (κ3) is 3.66. The van der Waals surface area contributed by atoms with Gasteiger partial charge in [-0.05, 0) is 61.4 Å². The van der Waals surface area contributed by atoms with Gasteiger partial charge in [0, 0.05) is 6.07 Å². The Kier molecular flexibility index (Phi) is 5.30. The highest BCUT2D eigenvalue weighted by molar-refractivity contribution is 5.40. The maximum absolute atomic E-state index is 5.41. The third-order valence-electron chi connectivity index (χ3n) is 4.18. The molecule has 1 aromatic carbocycles. The lowest BCUT2D eigenvalue weighted by atomic mass is 9.77. The van der Waals surface area contributed by atoms with Crippen molar-refractivity contribution >= 4 is 0 Å². The number of rotatable bonds is 5. The zero-order valence-electron chi connectivity index (χ0n) is 13.1. The maximum atomic E-state index is 5.41. The van der Waals surface area contributed by atoms with Gasteiger partial charge in [0.15, 0.2) is 0 Å². The summed E-state index contributed by atoms with van der Waals surface area (Å²) < 4.78 is 10.8. The molecule has 0 spiro atoms. The molecule has 1 aromatic rings. The van der Waals surface area contributed by atoms with Gasteiger partial charge in [0.25, 0.3) is 0 Å². The number of piperidine rings is 1. The number of hydrogen-bond acceptors (Lipinski definition) is 3. The zero-order valence-corrected chi connectivity index (χ0v) is 13.1. The SMILES string of the molecule is COc1cc(OC)cc(C2CCNCC2CC(C)C)c1. The first-order valence-electron chi connectivity index (χ1n) is 7.57. The van der Waals surface area contributed by atoms with Crippen molar-refractivity contribution in [3.8, 4) is 11.5 Å².